The van der Waals surface area contributed by atoms with Crippen molar-refractivity contribution in [2.24, 2.45) is 0 Å². The Hall–Kier alpha value is -5.12. The molecule has 49 heavy (non-hydrogen) atoms. The zero-order valence-corrected chi connectivity index (χ0v) is 28.6. The molecule has 0 radical (unpaired) electrons. The van der Waals surface area contributed by atoms with E-state index in [4.69, 9.17) is 23.4 Å². The molecule has 12 heteroatoms. The van der Waals surface area contributed by atoms with E-state index in [2.05, 4.69) is 21.2 Å². The van der Waals surface area contributed by atoms with Crippen LogP contribution in [0.2, 0.25) is 0 Å². The number of fused-ring (bicyclic) bond motifs is 8. The van der Waals surface area contributed by atoms with Crippen LogP contribution >= 0.6 is 0 Å². The number of hydrogen-bond donors (Lipinski definition) is 3. The summed E-state index contributed by atoms with van der Waals surface area (Å²) in [5.74, 6) is 1.45. The van der Waals surface area contributed by atoms with E-state index < -0.39 is 30.1 Å². The number of phenols is 2. The number of ether oxygens (including phenoxy) is 4. The lowest BCUT2D eigenvalue weighted by Crippen LogP contribution is -2.68. The molecule has 3 aliphatic rings. The molecule has 7 rings (SSSR count). The minimum absolute atomic E-state index is 0.0303. The molecule has 4 heterocycles. The Bertz CT molecular complexity index is 2000. The van der Waals surface area contributed by atoms with Gasteiger partial charge in [-0.05, 0) is 45.9 Å². The lowest BCUT2D eigenvalue weighted by Gasteiger charge is -2.60. The fourth-order valence-electron chi connectivity index (χ4n) is 8.78. The van der Waals surface area contributed by atoms with Gasteiger partial charge in [0, 0.05) is 57.4 Å². The van der Waals surface area contributed by atoms with Gasteiger partial charge in [-0.15, -0.1) is 0 Å². The average Bonchev–Trinajstić information content (AvgIpc) is 3.53. The van der Waals surface area contributed by atoms with Crippen molar-refractivity contribution >= 4 is 16.9 Å². The zero-order valence-electron chi connectivity index (χ0n) is 28.6. The van der Waals surface area contributed by atoms with Crippen molar-refractivity contribution in [3.63, 3.8) is 0 Å². The number of hydrogen-bond acceptors (Lipinski definition) is 11. The number of piperazine rings is 1. The van der Waals surface area contributed by atoms with E-state index in [1.807, 2.05) is 39.1 Å². The first-order valence-corrected chi connectivity index (χ1v) is 16.2. The number of likely N-dealkylation sites (N-methyl/N-ethyl adjacent to an activating group) is 1. The van der Waals surface area contributed by atoms with Gasteiger partial charge >= 0.3 is 0 Å². The summed E-state index contributed by atoms with van der Waals surface area (Å²) in [5, 5.41) is 38.4. The molecule has 1 aromatic heterocycles. The van der Waals surface area contributed by atoms with Crippen LogP contribution in [0.3, 0.4) is 0 Å². The Kier molecular flexibility index (Phi) is 8.00. The number of carbonyl (C=O) groups is 1. The molecule has 3 aromatic carbocycles. The number of aromatic hydroxyl groups is 2. The molecule has 1 saturated heterocycles. The first-order chi connectivity index (χ1) is 23.6. The molecule has 0 unspecified atom stereocenters. The second kappa shape index (κ2) is 12.1. The lowest BCUT2D eigenvalue weighted by molar-refractivity contribution is -0.0725. The number of methoxy groups -OCH3 is 4. The molecule has 1 fully saturated rings. The Morgan fingerprint density at radius 3 is 2.08 bits per heavy atom. The predicted octanol–water partition coefficient (Wildman–Crippen LogP) is 4.70. The Balaban J connectivity index is 1.42. The summed E-state index contributed by atoms with van der Waals surface area (Å²) in [7, 11) is 8.15. The number of para-hydroxylation sites is 1. The van der Waals surface area contributed by atoms with Gasteiger partial charge in [-0.25, -0.2) is 0 Å². The topological polar surface area (TPSA) is 150 Å². The summed E-state index contributed by atoms with van der Waals surface area (Å²) in [6.45, 7) is 3.70. The molecule has 3 aliphatic heterocycles. The first-order valence-electron chi connectivity index (χ1n) is 16.2. The van der Waals surface area contributed by atoms with Gasteiger partial charge in [0.1, 0.15) is 23.1 Å². The fraction of sp³-hybridized carbons (Fsp3) is 0.405. The summed E-state index contributed by atoms with van der Waals surface area (Å²) >= 11 is 0. The van der Waals surface area contributed by atoms with Crippen molar-refractivity contribution < 1.29 is 38.4 Å². The highest BCUT2D eigenvalue weighted by Gasteiger charge is 2.57. The van der Waals surface area contributed by atoms with Crippen LogP contribution < -0.4 is 24.3 Å². The van der Waals surface area contributed by atoms with E-state index in [9.17, 15) is 20.3 Å². The fourth-order valence-corrected chi connectivity index (χ4v) is 8.78. The number of carbonyl (C=O) groups excluding carboxylic acids is 1. The third-order valence-corrected chi connectivity index (χ3v) is 10.8. The van der Waals surface area contributed by atoms with Crippen LogP contribution in [0, 0.1) is 25.2 Å². The van der Waals surface area contributed by atoms with Crippen LogP contribution in [-0.2, 0) is 12.8 Å². The van der Waals surface area contributed by atoms with Crippen molar-refractivity contribution in [1.29, 1.82) is 5.26 Å². The standard InChI is InChI=1S/C37H40N4O8/c1-17-33(45-4)20-14-23-30-29-21(34(46-5)18(2)36(48-7)32(29)43)13-22(40(30)3)24(15-38)41(23)25(28(20)31(42)35(17)47-6)16-39-37(44)27-12-19-10-8-9-11-26(19)49-27/h8-12,22-25,30,42-43H,13-14,16H2,1-7H3,(H,39,44)/t22-,23-,24-,25-,30-/m0/s1. The minimum atomic E-state index is -0.688. The van der Waals surface area contributed by atoms with Crippen LogP contribution in [0.4, 0.5) is 0 Å². The Morgan fingerprint density at radius 2 is 1.49 bits per heavy atom. The Morgan fingerprint density at radius 1 is 0.918 bits per heavy atom. The maximum atomic E-state index is 13.6. The number of phenolic OH excluding ortho intramolecular Hbond substituents is 2. The van der Waals surface area contributed by atoms with Crippen molar-refractivity contribution in [3.05, 3.63) is 69.5 Å². The summed E-state index contributed by atoms with van der Waals surface area (Å²) in [6, 6.07) is 9.15. The van der Waals surface area contributed by atoms with Crippen LogP contribution in [0.1, 0.15) is 56.0 Å². The summed E-state index contributed by atoms with van der Waals surface area (Å²) in [6.07, 6.45) is 0.783. The monoisotopic (exact) mass is 668 g/mol. The normalized spacial score (nSPS) is 22.8. The molecular formula is C37H40N4O8. The smallest absolute Gasteiger partial charge is 0.287 e. The van der Waals surface area contributed by atoms with Gasteiger partial charge in [0.25, 0.3) is 5.91 Å². The molecule has 1 amide bonds. The van der Waals surface area contributed by atoms with Gasteiger partial charge in [-0.2, -0.15) is 5.26 Å². The van der Waals surface area contributed by atoms with E-state index in [-0.39, 0.29) is 35.6 Å². The summed E-state index contributed by atoms with van der Waals surface area (Å²) in [5.41, 5.74) is 4.68. The lowest BCUT2D eigenvalue weighted by atomic mass is 9.71. The van der Waals surface area contributed by atoms with E-state index in [0.29, 0.717) is 57.9 Å². The number of nitrogens with zero attached hydrogens (tertiary/aromatic N) is 3. The molecular weight excluding hydrogens is 628 g/mol. The first kappa shape index (κ1) is 32.4. The largest absolute Gasteiger partial charge is 0.504 e. The number of nitriles is 1. The van der Waals surface area contributed by atoms with Gasteiger partial charge in [-0.1, -0.05) is 18.2 Å². The van der Waals surface area contributed by atoms with Crippen molar-refractivity contribution in [1.82, 2.24) is 15.1 Å². The molecule has 3 N–H and O–H groups in total. The molecule has 0 spiro atoms. The quantitative estimate of drug-likeness (QED) is 0.252. The maximum absolute atomic E-state index is 13.6. The maximum Gasteiger partial charge on any atom is 0.287 e. The summed E-state index contributed by atoms with van der Waals surface area (Å²) < 4.78 is 29.1. The number of amides is 1. The second-order valence-corrected chi connectivity index (χ2v) is 12.9. The molecule has 4 aromatic rings. The van der Waals surface area contributed by atoms with Crippen LogP contribution in [0.5, 0.6) is 34.5 Å². The van der Waals surface area contributed by atoms with Crippen molar-refractivity contribution in [3.8, 4) is 40.6 Å². The number of benzene rings is 3. The highest BCUT2D eigenvalue weighted by Crippen LogP contribution is 2.58. The van der Waals surface area contributed by atoms with Gasteiger partial charge in [0.2, 0.25) is 0 Å². The number of nitrogens with one attached hydrogen (secondary N) is 1. The molecule has 2 bridgehead atoms. The third-order valence-electron chi connectivity index (χ3n) is 10.8. The SMILES string of the molecule is COc1c(C)c(OC)c2c(c1O)[C@@H]1[C@@H]3Cc4c(OC)c(C)c(OC)c(O)c4[C@H](CNC(=O)c4cc5ccccc5o4)N3[C@@H](C#N)[C@H](C2)N1C. The number of furan rings is 1. The minimum Gasteiger partial charge on any atom is -0.504 e. The highest BCUT2D eigenvalue weighted by molar-refractivity contribution is 5.96. The van der Waals surface area contributed by atoms with Crippen LogP contribution in [-0.4, -0.2) is 86.1 Å². The van der Waals surface area contributed by atoms with Gasteiger partial charge in [0.15, 0.2) is 28.8 Å². The third kappa shape index (κ3) is 4.60. The van der Waals surface area contributed by atoms with E-state index in [1.54, 1.807) is 26.4 Å². The second-order valence-electron chi connectivity index (χ2n) is 12.9. The predicted molar refractivity (Wildman–Crippen MR) is 180 cm³/mol. The molecule has 0 aliphatic carbocycles. The molecule has 0 saturated carbocycles. The highest BCUT2D eigenvalue weighted by atomic mass is 16.5. The van der Waals surface area contributed by atoms with Gasteiger partial charge in [-0.3, -0.25) is 14.6 Å². The molecule has 256 valence electrons. The average molecular weight is 669 g/mol. The van der Waals surface area contributed by atoms with E-state index in [0.717, 1.165) is 16.5 Å². The van der Waals surface area contributed by atoms with E-state index >= 15 is 0 Å². The van der Waals surface area contributed by atoms with Crippen LogP contribution in [0.15, 0.2) is 34.7 Å². The molecule has 5 atom stereocenters. The van der Waals surface area contributed by atoms with Crippen molar-refractivity contribution in [2.45, 2.75) is 56.9 Å². The van der Waals surface area contributed by atoms with Gasteiger partial charge in [0.05, 0.1) is 46.6 Å². The van der Waals surface area contributed by atoms with Gasteiger partial charge < -0.3 is 38.9 Å². The number of rotatable bonds is 7. The summed E-state index contributed by atoms with van der Waals surface area (Å²) in [4.78, 5) is 17.9. The molecule has 12 nitrogen and oxygen atoms in total. The zero-order chi connectivity index (χ0) is 34.9. The van der Waals surface area contributed by atoms with E-state index in [1.165, 1.54) is 14.2 Å². The Labute approximate surface area is 284 Å². The van der Waals surface area contributed by atoms with Crippen LogP contribution in [0.25, 0.3) is 11.0 Å². The van der Waals surface area contributed by atoms with Crippen molar-refractivity contribution in [2.75, 3.05) is 42.0 Å².